The molecule has 11 heteroatoms. The third-order valence-electron chi connectivity index (χ3n) is 4.76. The molecule has 0 aromatic heterocycles. The van der Waals surface area contributed by atoms with Crippen molar-refractivity contribution in [2.45, 2.75) is 44.3 Å². The van der Waals surface area contributed by atoms with E-state index in [2.05, 4.69) is 10.1 Å². The molecule has 0 fully saturated rings. The zero-order valence-corrected chi connectivity index (χ0v) is 21.8. The average molecular weight is 532 g/mol. The van der Waals surface area contributed by atoms with Gasteiger partial charge < -0.3 is 24.3 Å². The van der Waals surface area contributed by atoms with E-state index in [4.69, 9.17) is 14.2 Å². The Morgan fingerprint density at radius 3 is 2.11 bits per heavy atom. The second-order valence-corrected chi connectivity index (χ2v) is 8.89. The molecule has 0 radical (unpaired) electrons. The van der Waals surface area contributed by atoms with Crippen LogP contribution in [0.5, 0.6) is 11.5 Å². The first-order valence-corrected chi connectivity index (χ1v) is 12.3. The van der Waals surface area contributed by atoms with Crippen molar-refractivity contribution in [3.63, 3.8) is 0 Å². The molecular formula is C26H29NO9S. The molecule has 0 saturated heterocycles. The Morgan fingerprint density at radius 1 is 0.865 bits per heavy atom. The van der Waals surface area contributed by atoms with Gasteiger partial charge in [0.15, 0.2) is 17.6 Å². The molecule has 10 nitrogen and oxygen atoms in total. The van der Waals surface area contributed by atoms with Gasteiger partial charge in [0.1, 0.15) is 0 Å². The van der Waals surface area contributed by atoms with Gasteiger partial charge in [-0.1, -0.05) is 36.4 Å². The molecule has 0 saturated carbocycles. The van der Waals surface area contributed by atoms with Crippen LogP contribution in [-0.4, -0.2) is 49.5 Å². The predicted octanol–water partition coefficient (Wildman–Crippen LogP) is 3.12. The summed E-state index contributed by atoms with van der Waals surface area (Å²) in [6.45, 7) is 3.56. The summed E-state index contributed by atoms with van der Waals surface area (Å²) in [5.41, 5.74) is 1.43. The van der Waals surface area contributed by atoms with Gasteiger partial charge in [0, 0.05) is 33.1 Å². The third-order valence-corrected chi connectivity index (χ3v) is 6.14. The number of methoxy groups -OCH3 is 1. The van der Waals surface area contributed by atoms with Crippen molar-refractivity contribution in [2.75, 3.05) is 13.7 Å². The summed E-state index contributed by atoms with van der Waals surface area (Å²) in [5, 5.41) is 1.84. The molecule has 2 aromatic rings. The van der Waals surface area contributed by atoms with Crippen LogP contribution >= 0.6 is 11.8 Å². The number of nitrogens with one attached hydrogen (secondary N) is 1. The van der Waals surface area contributed by atoms with Crippen molar-refractivity contribution in [1.29, 1.82) is 0 Å². The van der Waals surface area contributed by atoms with Crippen LogP contribution < -0.4 is 14.8 Å². The molecule has 198 valence electrons. The van der Waals surface area contributed by atoms with Gasteiger partial charge in [-0.2, -0.15) is 0 Å². The summed E-state index contributed by atoms with van der Waals surface area (Å²) in [6, 6.07) is 13.9. The number of ether oxygens (including phenoxy) is 4. The summed E-state index contributed by atoms with van der Waals surface area (Å²) in [6.07, 6.45) is -1.36. The van der Waals surface area contributed by atoms with E-state index in [0.29, 0.717) is 11.3 Å². The van der Waals surface area contributed by atoms with Gasteiger partial charge >= 0.3 is 23.9 Å². The van der Waals surface area contributed by atoms with Crippen LogP contribution in [0, 0.1) is 0 Å². The molecule has 37 heavy (non-hydrogen) atoms. The van der Waals surface area contributed by atoms with Crippen LogP contribution in [-0.2, 0) is 39.2 Å². The first-order valence-electron chi connectivity index (χ1n) is 11.3. The fourth-order valence-electron chi connectivity index (χ4n) is 3.22. The lowest BCUT2D eigenvalue weighted by Crippen LogP contribution is -2.41. The van der Waals surface area contributed by atoms with E-state index in [1.54, 1.807) is 6.07 Å². The Hall–Kier alpha value is -3.86. The van der Waals surface area contributed by atoms with Crippen LogP contribution in [0.2, 0.25) is 0 Å². The highest BCUT2D eigenvalue weighted by atomic mass is 32.2. The Labute approximate surface area is 219 Å². The normalized spacial score (nSPS) is 12.0. The zero-order valence-electron chi connectivity index (χ0n) is 21.0. The number of benzene rings is 2. The third kappa shape index (κ3) is 9.96. The molecule has 1 N–H and O–H groups in total. The second-order valence-electron chi connectivity index (χ2n) is 7.76. The number of hydrogen-bond donors (Lipinski definition) is 1. The molecule has 0 spiro atoms. The Kier molecular flexibility index (Phi) is 11.6. The maximum atomic E-state index is 13.1. The molecule has 2 aromatic carbocycles. The molecule has 0 aliphatic heterocycles. The standard InChI is InChI=1S/C26H29NO9S/c1-16(28)34-21-11-10-20(14-22(21)35-17(2)29)25(37-15-19-8-6-5-7-9-19)24(36-18(3)30)26(32)27-13-12-23(31)33-4/h5-11,14,24-25H,12-13,15H2,1-4H3,(H,27,32). The molecular weight excluding hydrogens is 502 g/mol. The molecule has 2 atom stereocenters. The first-order chi connectivity index (χ1) is 17.6. The molecule has 0 aliphatic rings. The van der Waals surface area contributed by atoms with E-state index in [9.17, 15) is 24.0 Å². The first kappa shape index (κ1) is 29.4. The summed E-state index contributed by atoms with van der Waals surface area (Å²) >= 11 is 1.32. The number of hydrogen-bond acceptors (Lipinski definition) is 10. The van der Waals surface area contributed by atoms with Crippen LogP contribution in [0.15, 0.2) is 48.5 Å². The summed E-state index contributed by atoms with van der Waals surface area (Å²) < 4.78 is 20.4. The predicted molar refractivity (Wildman–Crippen MR) is 135 cm³/mol. The molecule has 0 heterocycles. The van der Waals surface area contributed by atoms with Crippen LogP contribution in [0.1, 0.15) is 43.6 Å². The van der Waals surface area contributed by atoms with Gasteiger partial charge in [0.25, 0.3) is 5.91 Å². The van der Waals surface area contributed by atoms with Crippen molar-refractivity contribution < 1.29 is 42.9 Å². The van der Waals surface area contributed by atoms with Crippen LogP contribution in [0.25, 0.3) is 0 Å². The minimum atomic E-state index is -1.30. The molecule has 1 amide bonds. The fourth-order valence-corrected chi connectivity index (χ4v) is 4.47. The number of rotatable bonds is 12. The summed E-state index contributed by atoms with van der Waals surface area (Å²) in [5.74, 6) is -2.63. The van der Waals surface area contributed by atoms with Gasteiger partial charge in [-0.25, -0.2) is 0 Å². The smallest absolute Gasteiger partial charge is 0.308 e. The Bertz CT molecular complexity index is 1120. The lowest BCUT2D eigenvalue weighted by molar-refractivity contribution is -0.154. The Balaban J connectivity index is 2.47. The average Bonchev–Trinajstić information content (AvgIpc) is 2.84. The highest BCUT2D eigenvalue weighted by molar-refractivity contribution is 7.98. The van der Waals surface area contributed by atoms with E-state index < -0.39 is 41.1 Å². The van der Waals surface area contributed by atoms with Crippen LogP contribution in [0.4, 0.5) is 0 Å². The minimum Gasteiger partial charge on any atom is -0.469 e. The fraction of sp³-hybridized carbons (Fsp3) is 0.346. The van der Waals surface area contributed by atoms with Gasteiger partial charge in [-0.3, -0.25) is 24.0 Å². The van der Waals surface area contributed by atoms with E-state index in [0.717, 1.165) is 5.56 Å². The number of amides is 1. The van der Waals surface area contributed by atoms with E-state index >= 15 is 0 Å². The van der Waals surface area contributed by atoms with E-state index in [-0.39, 0.29) is 24.5 Å². The maximum Gasteiger partial charge on any atom is 0.308 e. The van der Waals surface area contributed by atoms with Gasteiger partial charge in [0.05, 0.1) is 18.8 Å². The monoisotopic (exact) mass is 531 g/mol. The van der Waals surface area contributed by atoms with Gasteiger partial charge in [-0.15, -0.1) is 11.8 Å². The molecule has 0 bridgehead atoms. The summed E-state index contributed by atoms with van der Waals surface area (Å²) in [7, 11) is 1.24. The number of thioether (sulfide) groups is 1. The summed E-state index contributed by atoms with van der Waals surface area (Å²) in [4.78, 5) is 59.8. The number of carbonyl (C=O) groups is 5. The van der Waals surface area contributed by atoms with Gasteiger partial charge in [0.2, 0.25) is 0 Å². The largest absolute Gasteiger partial charge is 0.469 e. The van der Waals surface area contributed by atoms with Crippen molar-refractivity contribution in [3.05, 3.63) is 59.7 Å². The lowest BCUT2D eigenvalue weighted by Gasteiger charge is -2.26. The maximum absolute atomic E-state index is 13.1. The molecule has 2 unspecified atom stereocenters. The van der Waals surface area contributed by atoms with Gasteiger partial charge in [-0.05, 0) is 23.3 Å². The highest BCUT2D eigenvalue weighted by Gasteiger charge is 2.34. The van der Waals surface area contributed by atoms with E-state index in [1.165, 1.54) is 51.8 Å². The topological polar surface area (TPSA) is 134 Å². The van der Waals surface area contributed by atoms with Crippen molar-refractivity contribution in [3.8, 4) is 11.5 Å². The Morgan fingerprint density at radius 2 is 1.51 bits per heavy atom. The molecule has 2 rings (SSSR count). The minimum absolute atomic E-state index is 0.0184. The number of esters is 4. The van der Waals surface area contributed by atoms with Crippen LogP contribution in [0.3, 0.4) is 0 Å². The quantitative estimate of drug-likeness (QED) is 0.321. The van der Waals surface area contributed by atoms with E-state index in [1.807, 2.05) is 30.3 Å². The van der Waals surface area contributed by atoms with Crippen molar-refractivity contribution in [2.24, 2.45) is 0 Å². The lowest BCUT2D eigenvalue weighted by atomic mass is 10.1. The highest BCUT2D eigenvalue weighted by Crippen LogP contribution is 2.40. The second kappa shape index (κ2) is 14.6. The zero-order chi connectivity index (χ0) is 27.4. The SMILES string of the molecule is COC(=O)CCNC(=O)C(OC(C)=O)C(SCc1ccccc1)c1ccc(OC(C)=O)c(OC(C)=O)c1. The molecule has 0 aliphatic carbocycles. The van der Waals surface area contributed by atoms with Crippen molar-refractivity contribution >= 4 is 41.5 Å². The van der Waals surface area contributed by atoms with Crippen molar-refractivity contribution in [1.82, 2.24) is 5.32 Å². The number of carbonyl (C=O) groups excluding carboxylic acids is 5.